The quantitative estimate of drug-likeness (QED) is 0.582. The Hall–Kier alpha value is -0.410. The van der Waals surface area contributed by atoms with Crippen molar-refractivity contribution >= 4 is 5.78 Å². The fraction of sp³-hybridized carbons (Fsp3) is 0.889. The molecule has 0 aromatic carbocycles. The van der Waals surface area contributed by atoms with Gasteiger partial charge in [-0.1, -0.05) is 0 Å². The van der Waals surface area contributed by atoms with Crippen molar-refractivity contribution in [3.05, 3.63) is 0 Å². The van der Waals surface area contributed by atoms with Crippen molar-refractivity contribution in [3.63, 3.8) is 0 Å². The monoisotopic (exact) mass is 170 g/mol. The molecule has 0 unspecified atom stereocenters. The molecular formula is C9H14O3. The maximum Gasteiger partial charge on any atom is 0.168 e. The van der Waals surface area contributed by atoms with E-state index in [1.807, 2.05) is 0 Å². The van der Waals surface area contributed by atoms with E-state index in [1.54, 1.807) is 14.2 Å². The summed E-state index contributed by atoms with van der Waals surface area (Å²) in [5.41, 5.74) is 0.253. The number of Topliss-reactive ketones (excluding diaryl/α,β-unsaturated/α-hetero) is 1. The minimum atomic E-state index is -0.374. The van der Waals surface area contributed by atoms with Gasteiger partial charge in [0.1, 0.15) is 5.78 Å². The average Bonchev–Trinajstić information content (AvgIpc) is 1.94. The van der Waals surface area contributed by atoms with E-state index >= 15 is 0 Å². The topological polar surface area (TPSA) is 35.5 Å². The van der Waals surface area contributed by atoms with Crippen LogP contribution in [0.2, 0.25) is 0 Å². The van der Waals surface area contributed by atoms with Gasteiger partial charge in [-0.15, -0.1) is 0 Å². The molecule has 2 saturated carbocycles. The first kappa shape index (κ1) is 8.20. The summed E-state index contributed by atoms with van der Waals surface area (Å²) in [6.07, 6.45) is 3.25. The molecule has 0 aromatic rings. The predicted octanol–water partition coefficient (Wildman–Crippen LogP) is 1.12. The maximum atomic E-state index is 10.8. The third-order valence-corrected chi connectivity index (χ3v) is 3.18. The first-order valence-corrected chi connectivity index (χ1v) is 4.26. The number of hydrogen-bond donors (Lipinski definition) is 0. The summed E-state index contributed by atoms with van der Waals surface area (Å²) in [5.74, 6) is 0.0107. The minimum absolute atomic E-state index is 0.253. The average molecular weight is 170 g/mol. The summed E-state index contributed by atoms with van der Waals surface area (Å²) in [4.78, 5) is 10.8. The van der Waals surface area contributed by atoms with Crippen LogP contribution in [0, 0.1) is 5.41 Å². The lowest BCUT2D eigenvalue weighted by atomic mass is 9.53. The molecule has 0 aromatic heterocycles. The molecule has 2 fully saturated rings. The van der Waals surface area contributed by atoms with Crippen LogP contribution in [0.3, 0.4) is 0 Å². The Labute approximate surface area is 72.0 Å². The summed E-state index contributed by atoms with van der Waals surface area (Å²) >= 11 is 0. The fourth-order valence-corrected chi connectivity index (χ4v) is 2.50. The van der Waals surface area contributed by atoms with Crippen molar-refractivity contribution in [2.45, 2.75) is 31.5 Å². The highest BCUT2D eigenvalue weighted by Gasteiger charge is 2.61. The summed E-state index contributed by atoms with van der Waals surface area (Å²) in [6.45, 7) is 0. The summed E-state index contributed by atoms with van der Waals surface area (Å²) in [7, 11) is 3.33. The number of carbonyl (C=O) groups is 1. The van der Waals surface area contributed by atoms with Crippen LogP contribution in [-0.4, -0.2) is 25.8 Å². The van der Waals surface area contributed by atoms with Crippen molar-refractivity contribution in [2.24, 2.45) is 5.41 Å². The highest BCUT2D eigenvalue weighted by molar-refractivity contribution is 5.86. The smallest absolute Gasteiger partial charge is 0.168 e. The maximum absolute atomic E-state index is 10.8. The van der Waals surface area contributed by atoms with E-state index in [9.17, 15) is 4.79 Å². The molecule has 0 N–H and O–H groups in total. The Balaban J connectivity index is 1.94. The second kappa shape index (κ2) is 2.30. The van der Waals surface area contributed by atoms with Crippen LogP contribution in [0.15, 0.2) is 0 Å². The molecule has 0 atom stereocenters. The van der Waals surface area contributed by atoms with Crippen LogP contribution in [0.4, 0.5) is 0 Å². The van der Waals surface area contributed by atoms with Gasteiger partial charge in [-0.2, -0.15) is 0 Å². The molecule has 2 aliphatic rings. The van der Waals surface area contributed by atoms with E-state index in [0.29, 0.717) is 5.78 Å². The van der Waals surface area contributed by atoms with Crippen LogP contribution in [0.1, 0.15) is 25.7 Å². The van der Waals surface area contributed by atoms with E-state index in [2.05, 4.69) is 0 Å². The van der Waals surface area contributed by atoms with Crippen LogP contribution in [0.25, 0.3) is 0 Å². The normalized spacial score (nSPS) is 29.7. The molecule has 0 amide bonds. The largest absolute Gasteiger partial charge is 0.353 e. The molecular weight excluding hydrogens is 156 g/mol. The van der Waals surface area contributed by atoms with E-state index in [0.717, 1.165) is 25.7 Å². The van der Waals surface area contributed by atoms with E-state index < -0.39 is 0 Å². The van der Waals surface area contributed by atoms with Gasteiger partial charge in [-0.05, 0) is 5.41 Å². The van der Waals surface area contributed by atoms with Gasteiger partial charge >= 0.3 is 0 Å². The molecule has 68 valence electrons. The molecule has 0 bridgehead atoms. The first-order chi connectivity index (χ1) is 5.64. The summed E-state index contributed by atoms with van der Waals surface area (Å²) < 4.78 is 10.5. The van der Waals surface area contributed by atoms with Gasteiger partial charge in [0.05, 0.1) is 0 Å². The van der Waals surface area contributed by atoms with E-state index in [4.69, 9.17) is 9.47 Å². The second-order valence-corrected chi connectivity index (χ2v) is 4.06. The third-order valence-electron chi connectivity index (χ3n) is 3.18. The number of ketones is 1. The zero-order chi connectivity index (χ0) is 8.82. The zero-order valence-corrected chi connectivity index (χ0v) is 7.55. The van der Waals surface area contributed by atoms with Crippen molar-refractivity contribution in [1.29, 1.82) is 0 Å². The van der Waals surface area contributed by atoms with Crippen molar-refractivity contribution < 1.29 is 14.3 Å². The number of hydrogen-bond acceptors (Lipinski definition) is 3. The Bertz CT molecular complexity index is 200. The van der Waals surface area contributed by atoms with Crippen LogP contribution < -0.4 is 0 Å². The third kappa shape index (κ3) is 0.930. The standard InChI is InChI=1S/C9H14O3/c1-11-9(12-2)5-8(6-9)3-7(10)4-8/h3-6H2,1-2H3. The van der Waals surface area contributed by atoms with Gasteiger partial charge in [0.2, 0.25) is 0 Å². The zero-order valence-electron chi connectivity index (χ0n) is 7.55. The summed E-state index contributed by atoms with van der Waals surface area (Å²) in [5, 5.41) is 0. The van der Waals surface area contributed by atoms with Crippen LogP contribution in [-0.2, 0) is 14.3 Å². The molecule has 0 heterocycles. The molecule has 2 aliphatic carbocycles. The minimum Gasteiger partial charge on any atom is -0.353 e. The Kier molecular flexibility index (Phi) is 1.57. The van der Waals surface area contributed by atoms with Gasteiger partial charge in [-0.25, -0.2) is 0 Å². The van der Waals surface area contributed by atoms with Gasteiger partial charge < -0.3 is 9.47 Å². The molecule has 2 rings (SSSR count). The number of rotatable bonds is 2. The number of ether oxygens (including phenoxy) is 2. The van der Waals surface area contributed by atoms with Gasteiger partial charge in [-0.3, -0.25) is 4.79 Å². The SMILES string of the molecule is COC1(OC)CC2(CC(=O)C2)C1. The van der Waals surface area contributed by atoms with Gasteiger partial charge in [0.15, 0.2) is 5.79 Å². The Morgan fingerprint density at radius 1 is 1.17 bits per heavy atom. The second-order valence-electron chi connectivity index (χ2n) is 4.06. The molecule has 0 saturated heterocycles. The van der Waals surface area contributed by atoms with Crippen LogP contribution in [0.5, 0.6) is 0 Å². The summed E-state index contributed by atoms with van der Waals surface area (Å²) in [6, 6.07) is 0. The lowest BCUT2D eigenvalue weighted by Crippen LogP contribution is -2.59. The molecule has 0 radical (unpaired) electrons. The Morgan fingerprint density at radius 3 is 2.00 bits per heavy atom. The van der Waals surface area contributed by atoms with E-state index in [1.165, 1.54) is 0 Å². The lowest BCUT2D eigenvalue weighted by Gasteiger charge is -2.57. The van der Waals surface area contributed by atoms with Crippen LogP contribution >= 0.6 is 0 Å². The Morgan fingerprint density at radius 2 is 1.67 bits per heavy atom. The van der Waals surface area contributed by atoms with Crippen molar-refractivity contribution in [3.8, 4) is 0 Å². The van der Waals surface area contributed by atoms with Crippen molar-refractivity contribution in [2.75, 3.05) is 14.2 Å². The van der Waals surface area contributed by atoms with Gasteiger partial charge in [0.25, 0.3) is 0 Å². The molecule has 12 heavy (non-hydrogen) atoms. The highest BCUT2D eigenvalue weighted by atomic mass is 16.7. The number of methoxy groups -OCH3 is 2. The molecule has 0 aliphatic heterocycles. The lowest BCUT2D eigenvalue weighted by molar-refractivity contribution is -0.304. The van der Waals surface area contributed by atoms with Crippen molar-refractivity contribution in [1.82, 2.24) is 0 Å². The molecule has 3 nitrogen and oxygen atoms in total. The predicted molar refractivity (Wildman–Crippen MR) is 42.7 cm³/mol. The highest BCUT2D eigenvalue weighted by Crippen LogP contribution is 2.60. The fourth-order valence-electron chi connectivity index (χ4n) is 2.50. The molecule has 3 heteroatoms. The molecule has 1 spiro atoms. The van der Waals surface area contributed by atoms with E-state index in [-0.39, 0.29) is 11.2 Å². The van der Waals surface area contributed by atoms with Gasteiger partial charge in [0, 0.05) is 39.9 Å². The number of carbonyl (C=O) groups excluding carboxylic acids is 1. The first-order valence-electron chi connectivity index (χ1n) is 4.26.